The molecule has 1 aliphatic rings. The van der Waals surface area contributed by atoms with Crippen LogP contribution in [0.25, 0.3) is 0 Å². The predicted octanol–water partition coefficient (Wildman–Crippen LogP) is 2.83. The van der Waals surface area contributed by atoms with Gasteiger partial charge in [0, 0.05) is 17.2 Å². The van der Waals surface area contributed by atoms with Gasteiger partial charge in [0.05, 0.1) is 0 Å². The molecule has 82 valence electrons. The van der Waals surface area contributed by atoms with E-state index < -0.39 is 0 Å². The van der Waals surface area contributed by atoms with E-state index in [2.05, 4.69) is 23.8 Å². The summed E-state index contributed by atoms with van der Waals surface area (Å²) in [4.78, 5) is 8.84. The van der Waals surface area contributed by atoms with Gasteiger partial charge in [0.15, 0.2) is 0 Å². The average molecular weight is 223 g/mol. The normalized spacial score (nSPS) is 17.7. The van der Waals surface area contributed by atoms with Gasteiger partial charge in [-0.3, -0.25) is 0 Å². The Morgan fingerprint density at radius 3 is 2.87 bits per heavy atom. The molecule has 1 atom stereocenters. The van der Waals surface area contributed by atoms with E-state index in [1.807, 2.05) is 6.07 Å². The number of aromatic nitrogens is 2. The van der Waals surface area contributed by atoms with Crippen LogP contribution in [-0.2, 0) is 0 Å². The Kier molecular flexibility index (Phi) is 3.14. The first-order chi connectivity index (χ1) is 7.19. The summed E-state index contributed by atoms with van der Waals surface area (Å²) in [5.74, 6) is 2.13. The fourth-order valence-electron chi connectivity index (χ4n) is 1.34. The van der Waals surface area contributed by atoms with Crippen LogP contribution in [0.3, 0.4) is 0 Å². The van der Waals surface area contributed by atoms with Gasteiger partial charge in [-0.2, -0.15) is 0 Å². The number of nitrogen functional groups attached to an aromatic ring is 1. The SMILES string of the molecule is CCC(C)Sc1cc(N)nc(C2CC2)n1. The number of nitrogens with two attached hydrogens (primary N) is 1. The Morgan fingerprint density at radius 1 is 1.53 bits per heavy atom. The second-order valence-electron chi connectivity index (χ2n) is 4.10. The van der Waals surface area contributed by atoms with Crippen LogP contribution in [0.5, 0.6) is 0 Å². The number of thioether (sulfide) groups is 1. The molecule has 1 fully saturated rings. The van der Waals surface area contributed by atoms with E-state index in [4.69, 9.17) is 5.73 Å². The number of anilines is 1. The highest BCUT2D eigenvalue weighted by Gasteiger charge is 2.27. The van der Waals surface area contributed by atoms with E-state index in [1.165, 1.54) is 12.8 Å². The Bertz CT molecular complexity index is 350. The molecule has 2 N–H and O–H groups in total. The molecule has 0 saturated heterocycles. The fraction of sp³-hybridized carbons (Fsp3) is 0.636. The van der Waals surface area contributed by atoms with Crippen molar-refractivity contribution in [3.05, 3.63) is 11.9 Å². The minimum Gasteiger partial charge on any atom is -0.384 e. The van der Waals surface area contributed by atoms with Gasteiger partial charge >= 0.3 is 0 Å². The molecule has 3 nitrogen and oxygen atoms in total. The van der Waals surface area contributed by atoms with E-state index in [-0.39, 0.29) is 0 Å². The second-order valence-corrected chi connectivity index (χ2v) is 5.56. The number of hydrogen-bond acceptors (Lipinski definition) is 4. The molecule has 0 bridgehead atoms. The third kappa shape index (κ3) is 2.84. The van der Waals surface area contributed by atoms with E-state index in [1.54, 1.807) is 11.8 Å². The van der Waals surface area contributed by atoms with Crippen LogP contribution in [0.1, 0.15) is 44.9 Å². The highest BCUT2D eigenvalue weighted by molar-refractivity contribution is 7.99. The lowest BCUT2D eigenvalue weighted by Crippen LogP contribution is -2.01. The molecule has 2 rings (SSSR count). The van der Waals surface area contributed by atoms with E-state index in [9.17, 15) is 0 Å². The van der Waals surface area contributed by atoms with Crippen molar-refractivity contribution in [1.82, 2.24) is 9.97 Å². The summed E-state index contributed by atoms with van der Waals surface area (Å²) in [6, 6.07) is 1.88. The van der Waals surface area contributed by atoms with Crippen molar-refractivity contribution < 1.29 is 0 Å². The zero-order chi connectivity index (χ0) is 10.8. The predicted molar refractivity (Wildman–Crippen MR) is 64.0 cm³/mol. The van der Waals surface area contributed by atoms with Gasteiger partial charge in [-0.1, -0.05) is 13.8 Å². The topological polar surface area (TPSA) is 51.8 Å². The van der Waals surface area contributed by atoms with Crippen LogP contribution in [0.15, 0.2) is 11.1 Å². The number of nitrogens with zero attached hydrogens (tertiary/aromatic N) is 2. The van der Waals surface area contributed by atoms with Crippen molar-refractivity contribution in [2.24, 2.45) is 0 Å². The van der Waals surface area contributed by atoms with Gasteiger partial charge in [0.1, 0.15) is 16.7 Å². The molecule has 1 aliphatic carbocycles. The molecule has 0 radical (unpaired) electrons. The Hall–Kier alpha value is -0.770. The molecule has 1 saturated carbocycles. The Labute approximate surface area is 94.9 Å². The van der Waals surface area contributed by atoms with Crippen molar-refractivity contribution in [3.8, 4) is 0 Å². The maximum atomic E-state index is 5.78. The molecule has 1 aromatic rings. The molecule has 15 heavy (non-hydrogen) atoms. The molecule has 0 aliphatic heterocycles. The van der Waals surface area contributed by atoms with Crippen LogP contribution in [0, 0.1) is 0 Å². The first-order valence-electron chi connectivity index (χ1n) is 5.50. The number of rotatable bonds is 4. The molecular weight excluding hydrogens is 206 g/mol. The van der Waals surface area contributed by atoms with Crippen molar-refractivity contribution in [1.29, 1.82) is 0 Å². The molecule has 0 amide bonds. The molecule has 1 heterocycles. The standard InChI is InChI=1S/C11H17N3S/c1-3-7(2)15-10-6-9(12)13-11(14-10)8-4-5-8/h6-8H,3-5H2,1-2H3,(H2,12,13,14). The minimum absolute atomic E-state index is 0.574. The largest absolute Gasteiger partial charge is 0.384 e. The van der Waals surface area contributed by atoms with Gasteiger partial charge in [-0.15, -0.1) is 11.8 Å². The first kappa shape index (κ1) is 10.7. The summed E-state index contributed by atoms with van der Waals surface area (Å²) in [6.07, 6.45) is 3.58. The van der Waals surface area contributed by atoms with Crippen molar-refractivity contribution >= 4 is 17.6 Å². The van der Waals surface area contributed by atoms with Gasteiger partial charge in [0.25, 0.3) is 0 Å². The molecular formula is C11H17N3S. The second kappa shape index (κ2) is 4.39. The third-order valence-electron chi connectivity index (χ3n) is 2.58. The maximum Gasteiger partial charge on any atom is 0.135 e. The average Bonchev–Trinajstić information content (AvgIpc) is 2.99. The lowest BCUT2D eigenvalue weighted by Gasteiger charge is -2.08. The van der Waals surface area contributed by atoms with Crippen LogP contribution in [0.4, 0.5) is 5.82 Å². The summed E-state index contributed by atoms with van der Waals surface area (Å²) in [5, 5.41) is 1.62. The smallest absolute Gasteiger partial charge is 0.135 e. The van der Waals surface area contributed by atoms with E-state index >= 15 is 0 Å². The highest BCUT2D eigenvalue weighted by Crippen LogP contribution is 2.39. The van der Waals surface area contributed by atoms with Gasteiger partial charge in [0.2, 0.25) is 0 Å². The van der Waals surface area contributed by atoms with Crippen LogP contribution in [0.2, 0.25) is 0 Å². The van der Waals surface area contributed by atoms with E-state index in [0.29, 0.717) is 17.0 Å². The quantitative estimate of drug-likeness (QED) is 0.630. The molecule has 1 unspecified atom stereocenters. The minimum atomic E-state index is 0.574. The first-order valence-corrected chi connectivity index (χ1v) is 6.38. The highest BCUT2D eigenvalue weighted by atomic mass is 32.2. The van der Waals surface area contributed by atoms with Gasteiger partial charge in [-0.05, 0) is 19.3 Å². The van der Waals surface area contributed by atoms with Crippen LogP contribution >= 0.6 is 11.8 Å². The Balaban J connectivity index is 2.15. The lowest BCUT2D eigenvalue weighted by atomic mass is 10.4. The Morgan fingerprint density at radius 2 is 2.27 bits per heavy atom. The molecule has 4 heteroatoms. The maximum absolute atomic E-state index is 5.78. The summed E-state index contributed by atoms with van der Waals surface area (Å²) in [6.45, 7) is 4.39. The van der Waals surface area contributed by atoms with E-state index in [0.717, 1.165) is 17.3 Å². The summed E-state index contributed by atoms with van der Waals surface area (Å²) in [5.41, 5.74) is 5.78. The molecule has 1 aromatic heterocycles. The summed E-state index contributed by atoms with van der Waals surface area (Å²) in [7, 11) is 0. The lowest BCUT2D eigenvalue weighted by molar-refractivity contribution is 0.867. The third-order valence-corrected chi connectivity index (χ3v) is 3.77. The summed E-state index contributed by atoms with van der Waals surface area (Å²) >= 11 is 1.79. The van der Waals surface area contributed by atoms with Crippen molar-refractivity contribution in [3.63, 3.8) is 0 Å². The van der Waals surface area contributed by atoms with Crippen LogP contribution in [-0.4, -0.2) is 15.2 Å². The number of hydrogen-bond donors (Lipinski definition) is 1. The zero-order valence-electron chi connectivity index (χ0n) is 9.23. The van der Waals surface area contributed by atoms with Crippen molar-refractivity contribution in [2.75, 3.05) is 5.73 Å². The van der Waals surface area contributed by atoms with Crippen LogP contribution < -0.4 is 5.73 Å². The van der Waals surface area contributed by atoms with Gasteiger partial charge < -0.3 is 5.73 Å². The zero-order valence-corrected chi connectivity index (χ0v) is 10.0. The van der Waals surface area contributed by atoms with Crippen molar-refractivity contribution in [2.45, 2.75) is 49.3 Å². The molecule has 0 spiro atoms. The monoisotopic (exact) mass is 223 g/mol. The fourth-order valence-corrected chi connectivity index (χ4v) is 2.25. The summed E-state index contributed by atoms with van der Waals surface area (Å²) < 4.78 is 0. The molecule has 0 aromatic carbocycles. The van der Waals surface area contributed by atoms with Gasteiger partial charge in [-0.25, -0.2) is 9.97 Å².